The number of halogens is 1. The number of carbonyl (C=O) groups excluding carboxylic acids is 1. The van der Waals surface area contributed by atoms with Crippen molar-refractivity contribution >= 4 is 18.4 Å². The van der Waals surface area contributed by atoms with Crippen LogP contribution >= 0.6 is 12.4 Å². The molecule has 14 heavy (non-hydrogen) atoms. The van der Waals surface area contributed by atoms with Gasteiger partial charge in [-0.05, 0) is 12.8 Å². The fourth-order valence-corrected chi connectivity index (χ4v) is 2.21. The summed E-state index contributed by atoms with van der Waals surface area (Å²) in [5.41, 5.74) is 0. The van der Waals surface area contributed by atoms with Crippen LogP contribution in [0.2, 0.25) is 0 Å². The second kappa shape index (κ2) is 4.96. The molecule has 1 aliphatic carbocycles. The number of hydrogen-bond acceptors (Lipinski definition) is 4. The summed E-state index contributed by atoms with van der Waals surface area (Å²) in [6.45, 7) is 1.66. The van der Waals surface area contributed by atoms with Crippen LogP contribution in [0.4, 0.5) is 0 Å². The maximum atomic E-state index is 11.3. The van der Waals surface area contributed by atoms with Crippen LogP contribution in [0.5, 0.6) is 0 Å². The molecule has 3 unspecified atom stereocenters. The zero-order chi connectivity index (χ0) is 9.26. The van der Waals surface area contributed by atoms with Crippen molar-refractivity contribution in [2.45, 2.75) is 25.0 Å². The van der Waals surface area contributed by atoms with E-state index in [2.05, 4.69) is 5.32 Å². The van der Waals surface area contributed by atoms with Gasteiger partial charge in [-0.15, -0.1) is 12.4 Å². The number of morpholine rings is 1. The summed E-state index contributed by atoms with van der Waals surface area (Å²) < 4.78 is 10.3. The molecule has 1 heterocycles. The highest BCUT2D eigenvalue weighted by Gasteiger charge is 2.40. The number of ether oxygens (including phenoxy) is 2. The Morgan fingerprint density at radius 1 is 1.50 bits per heavy atom. The van der Waals surface area contributed by atoms with Crippen LogP contribution in [0, 0.1) is 5.92 Å². The van der Waals surface area contributed by atoms with Gasteiger partial charge in [0, 0.05) is 12.6 Å². The van der Waals surface area contributed by atoms with Crippen LogP contribution in [-0.2, 0) is 14.3 Å². The molecule has 0 aromatic carbocycles. The van der Waals surface area contributed by atoms with Crippen molar-refractivity contribution in [1.82, 2.24) is 5.32 Å². The van der Waals surface area contributed by atoms with Gasteiger partial charge in [0.1, 0.15) is 0 Å². The van der Waals surface area contributed by atoms with E-state index in [0.717, 1.165) is 26.0 Å². The minimum Gasteiger partial charge on any atom is -0.469 e. The maximum Gasteiger partial charge on any atom is 0.308 e. The van der Waals surface area contributed by atoms with E-state index in [1.54, 1.807) is 0 Å². The monoisotopic (exact) mass is 221 g/mol. The SMILES string of the molecule is COC(=O)C1CC2NCCOC2C1.Cl. The third-order valence-electron chi connectivity index (χ3n) is 2.88. The van der Waals surface area contributed by atoms with Gasteiger partial charge < -0.3 is 14.8 Å². The summed E-state index contributed by atoms with van der Waals surface area (Å²) in [6.07, 6.45) is 1.89. The Labute approximate surface area is 89.7 Å². The third kappa shape index (κ3) is 2.19. The van der Waals surface area contributed by atoms with Crippen LogP contribution in [0.1, 0.15) is 12.8 Å². The van der Waals surface area contributed by atoms with Gasteiger partial charge in [0.05, 0.1) is 25.7 Å². The van der Waals surface area contributed by atoms with E-state index < -0.39 is 0 Å². The molecule has 0 amide bonds. The molecule has 0 bridgehead atoms. The van der Waals surface area contributed by atoms with Gasteiger partial charge in [-0.2, -0.15) is 0 Å². The summed E-state index contributed by atoms with van der Waals surface area (Å²) in [5, 5.41) is 3.36. The number of rotatable bonds is 1. The molecule has 1 aliphatic heterocycles. The molecule has 0 aromatic rings. The molecule has 82 valence electrons. The van der Waals surface area contributed by atoms with Gasteiger partial charge in [-0.1, -0.05) is 0 Å². The fraction of sp³-hybridized carbons (Fsp3) is 0.889. The van der Waals surface area contributed by atoms with Crippen molar-refractivity contribution in [2.75, 3.05) is 20.3 Å². The maximum absolute atomic E-state index is 11.3. The molecular formula is C9H16ClNO3. The quantitative estimate of drug-likeness (QED) is 0.650. The zero-order valence-corrected chi connectivity index (χ0v) is 9.01. The van der Waals surface area contributed by atoms with Crippen LogP contribution in [0.3, 0.4) is 0 Å². The molecule has 3 atom stereocenters. The predicted octanol–water partition coefficient (Wildman–Crippen LogP) is 0.348. The summed E-state index contributed by atoms with van der Waals surface area (Å²) in [5.74, 6) is -0.0644. The number of fused-ring (bicyclic) bond motifs is 1. The van der Waals surface area contributed by atoms with Crippen molar-refractivity contribution in [2.24, 2.45) is 5.92 Å². The Hall–Kier alpha value is -0.320. The van der Waals surface area contributed by atoms with E-state index >= 15 is 0 Å². The Morgan fingerprint density at radius 2 is 2.29 bits per heavy atom. The van der Waals surface area contributed by atoms with Crippen molar-refractivity contribution in [3.63, 3.8) is 0 Å². The summed E-state index contributed by atoms with van der Waals surface area (Å²) in [6, 6.07) is 0.359. The molecule has 2 fully saturated rings. The Balaban J connectivity index is 0.000000980. The Kier molecular flexibility index (Phi) is 4.16. The molecule has 5 heteroatoms. The molecular weight excluding hydrogens is 206 g/mol. The van der Waals surface area contributed by atoms with Crippen LogP contribution in [0.25, 0.3) is 0 Å². The van der Waals surface area contributed by atoms with E-state index in [9.17, 15) is 4.79 Å². The van der Waals surface area contributed by atoms with E-state index in [4.69, 9.17) is 9.47 Å². The predicted molar refractivity (Wildman–Crippen MR) is 53.5 cm³/mol. The second-order valence-electron chi connectivity index (χ2n) is 3.66. The minimum atomic E-state index is -0.0974. The fourth-order valence-electron chi connectivity index (χ4n) is 2.21. The minimum absolute atomic E-state index is 0. The van der Waals surface area contributed by atoms with Gasteiger partial charge >= 0.3 is 5.97 Å². The summed E-state index contributed by atoms with van der Waals surface area (Å²) in [7, 11) is 1.44. The first-order valence-electron chi connectivity index (χ1n) is 4.74. The lowest BCUT2D eigenvalue weighted by atomic mass is 10.1. The van der Waals surface area contributed by atoms with Crippen molar-refractivity contribution < 1.29 is 14.3 Å². The van der Waals surface area contributed by atoms with Crippen molar-refractivity contribution in [3.8, 4) is 0 Å². The zero-order valence-electron chi connectivity index (χ0n) is 8.19. The molecule has 1 saturated carbocycles. The molecule has 0 aromatic heterocycles. The lowest BCUT2D eigenvalue weighted by molar-refractivity contribution is -0.145. The van der Waals surface area contributed by atoms with Gasteiger partial charge in [-0.3, -0.25) is 4.79 Å². The molecule has 1 saturated heterocycles. The van der Waals surface area contributed by atoms with Crippen molar-refractivity contribution in [3.05, 3.63) is 0 Å². The van der Waals surface area contributed by atoms with Gasteiger partial charge in [-0.25, -0.2) is 0 Å². The largest absolute Gasteiger partial charge is 0.469 e. The van der Waals surface area contributed by atoms with E-state index in [1.807, 2.05) is 0 Å². The number of nitrogens with one attached hydrogen (secondary N) is 1. The standard InChI is InChI=1S/C9H15NO3.ClH/c1-12-9(11)6-4-7-8(5-6)13-3-2-10-7;/h6-8,10H,2-5H2,1H3;1H. The lowest BCUT2D eigenvalue weighted by Crippen LogP contribution is -2.44. The summed E-state index contributed by atoms with van der Waals surface area (Å²) in [4.78, 5) is 11.3. The molecule has 1 N–H and O–H groups in total. The average Bonchev–Trinajstić information content (AvgIpc) is 2.59. The van der Waals surface area contributed by atoms with Crippen LogP contribution < -0.4 is 5.32 Å². The summed E-state index contributed by atoms with van der Waals surface area (Å²) >= 11 is 0. The highest BCUT2D eigenvalue weighted by Crippen LogP contribution is 2.30. The normalized spacial score (nSPS) is 35.6. The Morgan fingerprint density at radius 3 is 2.93 bits per heavy atom. The molecule has 2 aliphatic rings. The van der Waals surface area contributed by atoms with Crippen LogP contribution in [-0.4, -0.2) is 38.4 Å². The van der Waals surface area contributed by atoms with Crippen LogP contribution in [0.15, 0.2) is 0 Å². The van der Waals surface area contributed by atoms with E-state index in [1.165, 1.54) is 7.11 Å². The first kappa shape index (κ1) is 11.8. The smallest absolute Gasteiger partial charge is 0.308 e. The van der Waals surface area contributed by atoms with Gasteiger partial charge in [0.2, 0.25) is 0 Å². The van der Waals surface area contributed by atoms with E-state index in [0.29, 0.717) is 6.04 Å². The Bertz CT molecular complexity index is 198. The number of carbonyl (C=O) groups is 1. The highest BCUT2D eigenvalue weighted by molar-refractivity contribution is 5.85. The first-order chi connectivity index (χ1) is 6.31. The number of methoxy groups -OCH3 is 1. The number of hydrogen-bond donors (Lipinski definition) is 1. The third-order valence-corrected chi connectivity index (χ3v) is 2.88. The average molecular weight is 222 g/mol. The molecule has 0 spiro atoms. The molecule has 2 rings (SSSR count). The second-order valence-corrected chi connectivity index (χ2v) is 3.66. The van der Waals surface area contributed by atoms with Crippen molar-refractivity contribution in [1.29, 1.82) is 0 Å². The molecule has 4 nitrogen and oxygen atoms in total. The van der Waals surface area contributed by atoms with Gasteiger partial charge in [0.25, 0.3) is 0 Å². The topological polar surface area (TPSA) is 47.6 Å². The lowest BCUT2D eigenvalue weighted by Gasteiger charge is -2.26. The number of esters is 1. The first-order valence-corrected chi connectivity index (χ1v) is 4.74. The highest BCUT2D eigenvalue weighted by atomic mass is 35.5. The van der Waals surface area contributed by atoms with Gasteiger partial charge in [0.15, 0.2) is 0 Å². The van der Waals surface area contributed by atoms with E-state index in [-0.39, 0.29) is 30.4 Å². The molecule has 0 radical (unpaired) electrons.